The monoisotopic (exact) mass is 308 g/mol. The van der Waals surface area contributed by atoms with E-state index in [2.05, 4.69) is 45.2 Å². The fraction of sp³-hybridized carbons (Fsp3) is 0.385. The molecule has 96 valence electrons. The van der Waals surface area contributed by atoms with Gasteiger partial charge >= 0.3 is 0 Å². The fourth-order valence-electron chi connectivity index (χ4n) is 1.66. The van der Waals surface area contributed by atoms with Crippen LogP contribution in [0.1, 0.15) is 19.7 Å². The third-order valence-electron chi connectivity index (χ3n) is 2.53. The summed E-state index contributed by atoms with van der Waals surface area (Å²) in [6, 6.07) is 8.04. The lowest BCUT2D eigenvalue weighted by Gasteiger charge is -2.09. The lowest BCUT2D eigenvalue weighted by molar-refractivity contribution is 0.538. The summed E-state index contributed by atoms with van der Waals surface area (Å²) in [4.78, 5) is 4.29. The van der Waals surface area contributed by atoms with Gasteiger partial charge in [0.25, 0.3) is 0 Å². The quantitative estimate of drug-likeness (QED) is 0.923. The van der Waals surface area contributed by atoms with E-state index in [0.29, 0.717) is 5.92 Å². The number of nitrogens with zero attached hydrogens (tertiary/aromatic N) is 3. The molecule has 1 aromatic carbocycles. The van der Waals surface area contributed by atoms with Crippen molar-refractivity contribution in [2.24, 2.45) is 5.92 Å². The van der Waals surface area contributed by atoms with Crippen LogP contribution in [-0.4, -0.2) is 21.3 Å². The molecule has 0 spiro atoms. The van der Waals surface area contributed by atoms with Crippen molar-refractivity contribution in [1.82, 2.24) is 20.1 Å². The Hall–Kier alpha value is -1.20. The van der Waals surface area contributed by atoms with Crippen LogP contribution in [0, 0.1) is 5.92 Å². The van der Waals surface area contributed by atoms with E-state index in [1.807, 2.05) is 28.9 Å². The first-order chi connectivity index (χ1) is 8.66. The van der Waals surface area contributed by atoms with Crippen molar-refractivity contribution in [3.63, 3.8) is 0 Å². The Kier molecular flexibility index (Phi) is 4.49. The highest BCUT2D eigenvalue weighted by Crippen LogP contribution is 2.14. The van der Waals surface area contributed by atoms with Crippen LogP contribution >= 0.6 is 15.9 Å². The number of benzene rings is 1. The molecule has 2 aromatic rings. The predicted octanol–water partition coefficient (Wildman–Crippen LogP) is 2.78. The number of halogens is 1. The molecule has 0 bridgehead atoms. The van der Waals surface area contributed by atoms with Crippen LogP contribution in [0.15, 0.2) is 35.1 Å². The van der Waals surface area contributed by atoms with E-state index in [4.69, 9.17) is 0 Å². The second kappa shape index (κ2) is 6.11. The molecular weight excluding hydrogens is 292 g/mol. The largest absolute Gasteiger partial charge is 0.310 e. The highest BCUT2D eigenvalue weighted by Gasteiger charge is 2.06. The van der Waals surface area contributed by atoms with Crippen molar-refractivity contribution in [3.8, 4) is 5.69 Å². The minimum atomic E-state index is 0.633. The average molecular weight is 309 g/mol. The third-order valence-corrected chi connectivity index (χ3v) is 3.05. The van der Waals surface area contributed by atoms with Gasteiger partial charge in [-0.25, -0.2) is 9.67 Å². The van der Waals surface area contributed by atoms with Gasteiger partial charge in [-0.1, -0.05) is 29.8 Å². The summed E-state index contributed by atoms with van der Waals surface area (Å²) in [7, 11) is 0. The molecule has 1 heterocycles. The second-order valence-corrected chi connectivity index (χ2v) is 5.50. The Balaban J connectivity index is 2.10. The smallest absolute Gasteiger partial charge is 0.146 e. The maximum absolute atomic E-state index is 4.29. The molecule has 0 atom stereocenters. The molecule has 4 nitrogen and oxygen atoms in total. The van der Waals surface area contributed by atoms with Crippen molar-refractivity contribution < 1.29 is 0 Å². The van der Waals surface area contributed by atoms with E-state index >= 15 is 0 Å². The molecule has 0 aliphatic heterocycles. The lowest BCUT2D eigenvalue weighted by atomic mass is 10.2. The molecule has 5 heteroatoms. The van der Waals surface area contributed by atoms with Crippen molar-refractivity contribution in [3.05, 3.63) is 40.9 Å². The molecule has 0 aliphatic carbocycles. The van der Waals surface area contributed by atoms with E-state index in [-0.39, 0.29) is 0 Å². The van der Waals surface area contributed by atoms with Gasteiger partial charge in [0, 0.05) is 4.47 Å². The zero-order valence-corrected chi connectivity index (χ0v) is 12.2. The van der Waals surface area contributed by atoms with Crippen LogP contribution in [-0.2, 0) is 6.54 Å². The van der Waals surface area contributed by atoms with Gasteiger partial charge in [0.2, 0.25) is 0 Å². The van der Waals surface area contributed by atoms with E-state index in [1.165, 1.54) is 0 Å². The summed E-state index contributed by atoms with van der Waals surface area (Å²) in [5.74, 6) is 1.56. The van der Waals surface area contributed by atoms with Gasteiger partial charge in [-0.2, -0.15) is 5.10 Å². The van der Waals surface area contributed by atoms with Gasteiger partial charge in [-0.15, -0.1) is 0 Å². The molecule has 1 N–H and O–H groups in total. The van der Waals surface area contributed by atoms with Crippen molar-refractivity contribution >= 4 is 15.9 Å². The normalized spacial score (nSPS) is 11.1. The van der Waals surface area contributed by atoms with Crippen LogP contribution in [0.5, 0.6) is 0 Å². The van der Waals surface area contributed by atoms with E-state index < -0.39 is 0 Å². The highest BCUT2D eigenvalue weighted by atomic mass is 79.9. The summed E-state index contributed by atoms with van der Waals surface area (Å²) >= 11 is 3.43. The van der Waals surface area contributed by atoms with Crippen molar-refractivity contribution in [1.29, 1.82) is 0 Å². The molecule has 0 radical (unpaired) electrons. The standard InChI is InChI=1S/C13H17BrN4/c1-10(2)7-15-8-13-16-9-17-18(13)12-5-3-11(14)4-6-12/h3-6,9-10,15H,7-8H2,1-2H3. The molecular formula is C13H17BrN4. The topological polar surface area (TPSA) is 42.7 Å². The van der Waals surface area contributed by atoms with Gasteiger partial charge in [0.05, 0.1) is 12.2 Å². The first-order valence-electron chi connectivity index (χ1n) is 6.02. The molecule has 0 saturated carbocycles. The summed E-state index contributed by atoms with van der Waals surface area (Å²) in [5.41, 5.74) is 1.03. The number of nitrogens with one attached hydrogen (secondary N) is 1. The summed E-state index contributed by atoms with van der Waals surface area (Å²) in [6.07, 6.45) is 1.59. The van der Waals surface area contributed by atoms with Gasteiger partial charge < -0.3 is 5.32 Å². The Morgan fingerprint density at radius 2 is 2.00 bits per heavy atom. The summed E-state index contributed by atoms with van der Waals surface area (Å²) < 4.78 is 2.92. The Labute approximate surface area is 116 Å². The SMILES string of the molecule is CC(C)CNCc1ncnn1-c1ccc(Br)cc1. The van der Waals surface area contributed by atoms with Crippen molar-refractivity contribution in [2.45, 2.75) is 20.4 Å². The molecule has 0 aliphatic rings. The number of hydrogen-bond acceptors (Lipinski definition) is 3. The van der Waals surface area contributed by atoms with Crippen LogP contribution in [0.25, 0.3) is 5.69 Å². The zero-order chi connectivity index (χ0) is 13.0. The maximum atomic E-state index is 4.29. The van der Waals surface area contributed by atoms with Crippen LogP contribution < -0.4 is 5.32 Å². The van der Waals surface area contributed by atoms with Crippen LogP contribution in [0.2, 0.25) is 0 Å². The average Bonchev–Trinajstić information content (AvgIpc) is 2.78. The molecule has 0 fully saturated rings. The number of hydrogen-bond donors (Lipinski definition) is 1. The summed E-state index contributed by atoms with van der Waals surface area (Å²) in [6.45, 7) is 6.08. The van der Waals surface area contributed by atoms with Gasteiger partial charge in [0.15, 0.2) is 0 Å². The molecule has 0 amide bonds. The molecule has 18 heavy (non-hydrogen) atoms. The Morgan fingerprint density at radius 1 is 1.28 bits per heavy atom. The first kappa shape index (κ1) is 13.2. The van der Waals surface area contributed by atoms with Crippen LogP contribution in [0.4, 0.5) is 0 Å². The Morgan fingerprint density at radius 3 is 2.67 bits per heavy atom. The lowest BCUT2D eigenvalue weighted by Crippen LogP contribution is -2.21. The third kappa shape index (κ3) is 3.40. The first-order valence-corrected chi connectivity index (χ1v) is 6.81. The van der Waals surface area contributed by atoms with Gasteiger partial charge in [0.1, 0.15) is 12.2 Å². The molecule has 1 aromatic heterocycles. The highest BCUT2D eigenvalue weighted by molar-refractivity contribution is 9.10. The van der Waals surface area contributed by atoms with E-state index in [9.17, 15) is 0 Å². The van der Waals surface area contributed by atoms with Crippen LogP contribution in [0.3, 0.4) is 0 Å². The summed E-state index contributed by atoms with van der Waals surface area (Å²) in [5, 5.41) is 7.64. The predicted molar refractivity (Wildman–Crippen MR) is 75.6 cm³/mol. The molecule has 2 rings (SSSR count). The minimum absolute atomic E-state index is 0.633. The second-order valence-electron chi connectivity index (χ2n) is 4.59. The van der Waals surface area contributed by atoms with Crippen molar-refractivity contribution in [2.75, 3.05) is 6.54 Å². The maximum Gasteiger partial charge on any atom is 0.146 e. The fourth-order valence-corrected chi connectivity index (χ4v) is 1.92. The number of rotatable bonds is 5. The molecule has 0 saturated heterocycles. The van der Waals surface area contributed by atoms with Gasteiger partial charge in [-0.05, 0) is 36.7 Å². The van der Waals surface area contributed by atoms with E-state index in [0.717, 1.165) is 29.1 Å². The number of aromatic nitrogens is 3. The van der Waals surface area contributed by atoms with E-state index in [1.54, 1.807) is 6.33 Å². The van der Waals surface area contributed by atoms with Gasteiger partial charge in [-0.3, -0.25) is 0 Å². The minimum Gasteiger partial charge on any atom is -0.310 e. The Bertz CT molecular complexity index is 490. The zero-order valence-electron chi connectivity index (χ0n) is 10.6. The molecule has 0 unspecified atom stereocenters.